The molecule has 4 nitrogen and oxygen atoms in total. The van der Waals surface area contributed by atoms with Gasteiger partial charge in [-0.05, 0) is 12.3 Å². The van der Waals surface area contributed by atoms with Crippen molar-refractivity contribution in [2.75, 3.05) is 13.1 Å². The molecule has 0 aliphatic carbocycles. The summed E-state index contributed by atoms with van der Waals surface area (Å²) in [6.07, 6.45) is 0.818. The number of rotatable bonds is 2. The summed E-state index contributed by atoms with van der Waals surface area (Å²) in [7, 11) is 0. The number of β-amino-alcohol motifs (C(OH)–C–C–N with tert-alkyl or cyclic N) is 1. The molecular formula is C15H24N2O2S. The number of aromatic nitrogens is 1. The van der Waals surface area contributed by atoms with Crippen LogP contribution in [0.3, 0.4) is 0 Å². The van der Waals surface area contributed by atoms with Gasteiger partial charge in [-0.1, -0.05) is 27.7 Å². The number of amides is 1. The largest absolute Gasteiger partial charge is 0.391 e. The first kappa shape index (κ1) is 15.4. The van der Waals surface area contributed by atoms with E-state index in [9.17, 15) is 9.90 Å². The molecule has 2 atom stereocenters. The molecule has 0 aromatic carbocycles. The lowest BCUT2D eigenvalue weighted by atomic mass is 9.96. The highest BCUT2D eigenvalue weighted by Gasteiger charge is 2.27. The molecule has 1 aromatic heterocycles. The number of piperidine rings is 1. The number of hydrogen-bond donors (Lipinski definition) is 1. The van der Waals surface area contributed by atoms with Crippen LogP contribution in [0.25, 0.3) is 0 Å². The van der Waals surface area contributed by atoms with Crippen molar-refractivity contribution >= 4 is 17.2 Å². The van der Waals surface area contributed by atoms with Crippen LogP contribution in [0.15, 0.2) is 5.38 Å². The molecule has 1 fully saturated rings. The molecule has 1 aliphatic rings. The summed E-state index contributed by atoms with van der Waals surface area (Å²) in [5, 5.41) is 12.9. The van der Waals surface area contributed by atoms with E-state index in [-0.39, 0.29) is 17.2 Å². The summed E-state index contributed by atoms with van der Waals surface area (Å²) in [6, 6.07) is 0. The van der Waals surface area contributed by atoms with Crippen LogP contribution in [0.4, 0.5) is 0 Å². The van der Waals surface area contributed by atoms with E-state index in [2.05, 4.69) is 25.8 Å². The van der Waals surface area contributed by atoms with Crippen molar-refractivity contribution in [1.82, 2.24) is 9.88 Å². The number of carbonyl (C=O) groups is 1. The fourth-order valence-corrected chi connectivity index (χ4v) is 3.18. The first-order chi connectivity index (χ1) is 9.27. The molecule has 1 N–H and O–H groups in total. The maximum Gasteiger partial charge on any atom is 0.228 e. The van der Waals surface area contributed by atoms with Crippen LogP contribution in [0.1, 0.15) is 44.8 Å². The van der Waals surface area contributed by atoms with Crippen LogP contribution in [0, 0.1) is 5.92 Å². The average molecular weight is 296 g/mol. The van der Waals surface area contributed by atoms with E-state index in [1.165, 1.54) is 0 Å². The molecule has 1 aliphatic heterocycles. The number of nitrogens with zero attached hydrogens (tertiary/aromatic N) is 2. The summed E-state index contributed by atoms with van der Waals surface area (Å²) < 4.78 is 0. The monoisotopic (exact) mass is 296 g/mol. The van der Waals surface area contributed by atoms with Gasteiger partial charge >= 0.3 is 0 Å². The first-order valence-corrected chi connectivity index (χ1v) is 8.06. The van der Waals surface area contributed by atoms with Crippen molar-refractivity contribution < 1.29 is 9.90 Å². The number of aliphatic hydroxyl groups is 1. The van der Waals surface area contributed by atoms with Crippen molar-refractivity contribution in [3.63, 3.8) is 0 Å². The van der Waals surface area contributed by atoms with E-state index in [4.69, 9.17) is 0 Å². The lowest BCUT2D eigenvalue weighted by Crippen LogP contribution is -2.46. The van der Waals surface area contributed by atoms with Crippen LogP contribution in [0.2, 0.25) is 0 Å². The summed E-state index contributed by atoms with van der Waals surface area (Å²) in [4.78, 5) is 18.6. The Bertz CT molecular complexity index is 478. The Morgan fingerprint density at radius 1 is 1.55 bits per heavy atom. The predicted molar refractivity (Wildman–Crippen MR) is 80.9 cm³/mol. The van der Waals surface area contributed by atoms with Gasteiger partial charge in [0.15, 0.2) is 0 Å². The summed E-state index contributed by atoms with van der Waals surface area (Å²) >= 11 is 1.61. The minimum Gasteiger partial charge on any atom is -0.391 e. The third-order valence-corrected chi connectivity index (χ3v) is 5.11. The summed E-state index contributed by atoms with van der Waals surface area (Å²) in [5.74, 6) is 0.354. The minimum absolute atomic E-state index is 0.0305. The fourth-order valence-electron chi connectivity index (χ4n) is 2.27. The van der Waals surface area contributed by atoms with Crippen molar-refractivity contribution in [3.8, 4) is 0 Å². The molecule has 20 heavy (non-hydrogen) atoms. The molecule has 2 unspecified atom stereocenters. The molecule has 2 heterocycles. The summed E-state index contributed by atoms with van der Waals surface area (Å²) in [6.45, 7) is 9.60. The molecule has 5 heteroatoms. The van der Waals surface area contributed by atoms with Gasteiger partial charge in [0.1, 0.15) is 0 Å². The standard InChI is InChI=1S/C15H24N2O2S/c1-10-5-6-17(8-12(10)18)13(19)7-11-9-20-14(16-11)15(2,3)4/h9-10,12,18H,5-8H2,1-4H3. The van der Waals surface area contributed by atoms with Crippen molar-refractivity contribution in [1.29, 1.82) is 0 Å². The molecule has 0 saturated carbocycles. The molecule has 2 rings (SSSR count). The Kier molecular flexibility index (Phi) is 4.49. The zero-order valence-corrected chi connectivity index (χ0v) is 13.5. The second-order valence-corrected chi connectivity index (χ2v) is 7.60. The Labute approximate surface area is 124 Å². The van der Waals surface area contributed by atoms with Gasteiger partial charge in [-0.15, -0.1) is 11.3 Å². The smallest absolute Gasteiger partial charge is 0.228 e. The second kappa shape index (κ2) is 5.82. The molecule has 1 aromatic rings. The van der Waals surface area contributed by atoms with Crippen LogP contribution < -0.4 is 0 Å². The van der Waals surface area contributed by atoms with E-state index < -0.39 is 6.10 Å². The van der Waals surface area contributed by atoms with Crippen LogP contribution in [-0.4, -0.2) is 40.1 Å². The maximum atomic E-state index is 12.3. The Hall–Kier alpha value is -0.940. The van der Waals surface area contributed by atoms with Crippen LogP contribution in [-0.2, 0) is 16.6 Å². The lowest BCUT2D eigenvalue weighted by Gasteiger charge is -2.34. The number of aliphatic hydroxyl groups excluding tert-OH is 1. The fraction of sp³-hybridized carbons (Fsp3) is 0.733. The average Bonchev–Trinajstić information content (AvgIpc) is 2.81. The number of carbonyl (C=O) groups excluding carboxylic acids is 1. The van der Waals surface area contributed by atoms with E-state index in [1.54, 1.807) is 16.2 Å². The quantitative estimate of drug-likeness (QED) is 0.910. The lowest BCUT2D eigenvalue weighted by molar-refractivity contribution is -0.134. The maximum absolute atomic E-state index is 12.3. The zero-order chi connectivity index (χ0) is 14.9. The highest BCUT2D eigenvalue weighted by Crippen LogP contribution is 2.26. The van der Waals surface area contributed by atoms with Gasteiger partial charge < -0.3 is 10.0 Å². The van der Waals surface area contributed by atoms with E-state index in [1.807, 2.05) is 12.3 Å². The third-order valence-electron chi connectivity index (χ3n) is 3.80. The van der Waals surface area contributed by atoms with Gasteiger partial charge in [0, 0.05) is 23.9 Å². The van der Waals surface area contributed by atoms with E-state index >= 15 is 0 Å². The van der Waals surface area contributed by atoms with Gasteiger partial charge in [-0.2, -0.15) is 0 Å². The highest BCUT2D eigenvalue weighted by molar-refractivity contribution is 7.09. The predicted octanol–water partition coefficient (Wildman–Crippen LogP) is 2.21. The molecule has 0 radical (unpaired) electrons. The van der Waals surface area contributed by atoms with Gasteiger partial charge in [-0.25, -0.2) is 4.98 Å². The normalized spacial score (nSPS) is 23.9. The molecular weight excluding hydrogens is 272 g/mol. The zero-order valence-electron chi connectivity index (χ0n) is 12.7. The highest BCUT2D eigenvalue weighted by atomic mass is 32.1. The van der Waals surface area contributed by atoms with E-state index in [0.717, 1.165) is 23.7 Å². The molecule has 0 spiro atoms. The van der Waals surface area contributed by atoms with Crippen molar-refractivity contribution in [2.24, 2.45) is 5.92 Å². The van der Waals surface area contributed by atoms with Gasteiger partial charge in [-0.3, -0.25) is 4.79 Å². The SMILES string of the molecule is CC1CCN(C(=O)Cc2csc(C(C)(C)C)n2)CC1O. The van der Waals surface area contributed by atoms with Crippen LogP contribution >= 0.6 is 11.3 Å². The van der Waals surface area contributed by atoms with E-state index in [0.29, 0.717) is 13.0 Å². The van der Waals surface area contributed by atoms with Gasteiger partial charge in [0.2, 0.25) is 5.91 Å². The third kappa shape index (κ3) is 3.58. The molecule has 112 valence electrons. The van der Waals surface area contributed by atoms with Crippen molar-refractivity contribution in [2.45, 2.75) is 52.1 Å². The number of thiazole rings is 1. The molecule has 1 amide bonds. The first-order valence-electron chi connectivity index (χ1n) is 7.18. The molecule has 0 bridgehead atoms. The number of likely N-dealkylation sites (tertiary alicyclic amines) is 1. The number of hydrogen-bond acceptors (Lipinski definition) is 4. The summed E-state index contributed by atoms with van der Waals surface area (Å²) in [5.41, 5.74) is 0.876. The second-order valence-electron chi connectivity index (χ2n) is 6.74. The minimum atomic E-state index is -0.395. The Morgan fingerprint density at radius 3 is 2.80 bits per heavy atom. The van der Waals surface area contributed by atoms with Crippen molar-refractivity contribution in [3.05, 3.63) is 16.1 Å². The topological polar surface area (TPSA) is 53.4 Å². The Balaban J connectivity index is 1.96. The van der Waals surface area contributed by atoms with Crippen LogP contribution in [0.5, 0.6) is 0 Å². The van der Waals surface area contributed by atoms with Gasteiger partial charge in [0.25, 0.3) is 0 Å². The van der Waals surface area contributed by atoms with Gasteiger partial charge in [0.05, 0.1) is 23.2 Å². The Morgan fingerprint density at radius 2 is 2.25 bits per heavy atom. The molecule has 1 saturated heterocycles.